The summed E-state index contributed by atoms with van der Waals surface area (Å²) in [6.45, 7) is 4.60. The number of ether oxygens (including phenoxy) is 3. The first-order valence-corrected chi connectivity index (χ1v) is 17.6. The minimum absolute atomic E-state index is 0.0398. The van der Waals surface area contributed by atoms with Gasteiger partial charge in [-0.1, -0.05) is 23.7 Å². The van der Waals surface area contributed by atoms with Gasteiger partial charge in [-0.15, -0.1) is 0 Å². The number of methoxy groups -OCH3 is 1. The number of nitrogens with two attached hydrogens (primary N) is 1. The van der Waals surface area contributed by atoms with Crippen molar-refractivity contribution < 1.29 is 18.6 Å². The Balaban J connectivity index is 0.998. The van der Waals surface area contributed by atoms with Crippen molar-refractivity contribution >= 4 is 45.2 Å². The van der Waals surface area contributed by atoms with Gasteiger partial charge in [-0.25, -0.2) is 19.3 Å². The quantitative estimate of drug-likeness (QED) is 0.167. The number of fused-ring (bicyclic) bond motifs is 2. The van der Waals surface area contributed by atoms with E-state index in [2.05, 4.69) is 32.1 Å². The van der Waals surface area contributed by atoms with E-state index >= 15 is 4.39 Å². The molecule has 2 unspecified atom stereocenters. The molecule has 5 saturated carbocycles. The molecule has 9 nitrogen and oxygen atoms in total. The third-order valence-corrected chi connectivity index (χ3v) is 12.7. The summed E-state index contributed by atoms with van der Waals surface area (Å²) in [5.74, 6) is 2.42. The molecule has 1 aliphatic heterocycles. The van der Waals surface area contributed by atoms with Crippen molar-refractivity contribution in [1.82, 2.24) is 19.5 Å². The third kappa shape index (κ3) is 3.96. The molecule has 5 aromatic rings. The van der Waals surface area contributed by atoms with Crippen LogP contribution in [0.15, 0.2) is 61.1 Å². The van der Waals surface area contributed by atoms with E-state index in [1.54, 1.807) is 25.6 Å². The van der Waals surface area contributed by atoms with Crippen molar-refractivity contribution in [3.05, 3.63) is 83.0 Å². The van der Waals surface area contributed by atoms with E-state index in [0.29, 0.717) is 57.8 Å². The largest absolute Gasteiger partial charge is 0.497 e. The van der Waals surface area contributed by atoms with Crippen LogP contribution in [0.1, 0.15) is 50.3 Å². The first kappa shape index (κ1) is 29.9. The molecule has 49 heavy (non-hydrogen) atoms. The summed E-state index contributed by atoms with van der Waals surface area (Å²) in [4.78, 5) is 13.7. The molecule has 11 heteroatoms. The number of pyridine rings is 1. The predicted molar refractivity (Wildman–Crippen MR) is 185 cm³/mol. The zero-order chi connectivity index (χ0) is 33.4. The van der Waals surface area contributed by atoms with Crippen LogP contribution in [0.3, 0.4) is 0 Å². The SMILES string of the molecule is COc1ccc(CNc2nc3cc(CC(C4CC4)[C@@]45C6C[C@@H]4[C@@H](n4ccc7c(N)ncnc74)[C@]64OC(C)(C)O[C@@H]45)cc(F)c3cc2Cl)cc1. The van der Waals surface area contributed by atoms with Gasteiger partial charge in [0.2, 0.25) is 0 Å². The molecular formula is C38H38ClFN6O3. The molecule has 6 fully saturated rings. The van der Waals surface area contributed by atoms with Gasteiger partial charge in [-0.05, 0) is 105 Å². The average molecular weight is 681 g/mol. The van der Waals surface area contributed by atoms with E-state index in [1.807, 2.05) is 44.2 Å². The van der Waals surface area contributed by atoms with Crippen LogP contribution in [0.4, 0.5) is 16.0 Å². The Morgan fingerprint density at radius 1 is 1.10 bits per heavy atom. The smallest absolute Gasteiger partial charge is 0.164 e. The van der Waals surface area contributed by atoms with Crippen molar-refractivity contribution in [3.63, 3.8) is 0 Å². The average Bonchev–Trinajstić information content (AvgIpc) is 3.52. The maximum absolute atomic E-state index is 15.9. The van der Waals surface area contributed by atoms with Crippen molar-refractivity contribution in [2.75, 3.05) is 18.2 Å². The lowest BCUT2D eigenvalue weighted by Crippen LogP contribution is -2.74. The minimum Gasteiger partial charge on any atom is -0.497 e. The van der Waals surface area contributed by atoms with Crippen molar-refractivity contribution in [3.8, 4) is 5.75 Å². The molecule has 0 amide bonds. The number of halogens is 2. The highest BCUT2D eigenvalue weighted by Crippen LogP contribution is 2.90. The van der Waals surface area contributed by atoms with Gasteiger partial charge in [-0.2, -0.15) is 0 Å². The fraction of sp³-hybridized carbons (Fsp3) is 0.447. The van der Waals surface area contributed by atoms with Gasteiger partial charge in [0, 0.05) is 29.5 Å². The topological polar surface area (TPSA) is 109 Å². The number of rotatable bonds is 9. The lowest BCUT2D eigenvalue weighted by molar-refractivity contribution is -0.258. The maximum atomic E-state index is 15.9. The molecule has 3 aromatic heterocycles. The zero-order valence-electron chi connectivity index (χ0n) is 27.6. The third-order valence-electron chi connectivity index (χ3n) is 12.5. The standard InChI is InChI=1S/C38H38ClFN6O3/c1-36(2)48-35-37(26-16-30(37)38(35,49-36)31(26)46-11-10-23-32(41)43-18-44-34(23)46)25(21-6-7-21)12-20-13-28(40)24-15-27(39)33(45-29(24)14-20)42-17-19-4-8-22(47-3)9-5-19/h4-5,8-11,13-15,18,21,25-26,30-31,35H,6-7,12,16-17H2,1-3H3,(H,42,45)(H2,41,43,44)/t25?,26-,30?,31-,35-,37+,38-/m1/s1. The van der Waals surface area contributed by atoms with Crippen LogP contribution in [0.2, 0.25) is 5.02 Å². The number of aromatic nitrogens is 4. The summed E-state index contributed by atoms with van der Waals surface area (Å²) in [5, 5.41) is 5.01. The highest BCUT2D eigenvalue weighted by atomic mass is 35.5. The van der Waals surface area contributed by atoms with Gasteiger partial charge in [0.15, 0.2) is 5.79 Å². The second kappa shape index (κ2) is 10.0. The van der Waals surface area contributed by atoms with Gasteiger partial charge in [0.25, 0.3) is 0 Å². The molecule has 7 atom stereocenters. The molecule has 6 aliphatic rings. The monoisotopic (exact) mass is 680 g/mol. The molecule has 11 rings (SSSR count). The van der Waals surface area contributed by atoms with Crippen LogP contribution in [-0.2, 0) is 22.4 Å². The molecule has 0 radical (unpaired) electrons. The van der Waals surface area contributed by atoms with Crippen LogP contribution in [-0.4, -0.2) is 44.1 Å². The predicted octanol–water partition coefficient (Wildman–Crippen LogP) is 7.32. The Morgan fingerprint density at radius 2 is 1.92 bits per heavy atom. The van der Waals surface area contributed by atoms with Crippen molar-refractivity contribution in [1.29, 1.82) is 0 Å². The first-order valence-electron chi connectivity index (χ1n) is 17.2. The maximum Gasteiger partial charge on any atom is 0.164 e. The molecule has 4 heterocycles. The first-order chi connectivity index (χ1) is 23.6. The van der Waals surface area contributed by atoms with Gasteiger partial charge in [0.1, 0.15) is 40.8 Å². The summed E-state index contributed by atoms with van der Waals surface area (Å²) in [6, 6.07) is 15.3. The number of nitrogens with zero attached hydrogens (tertiary/aromatic N) is 4. The van der Waals surface area contributed by atoms with Crippen molar-refractivity contribution in [2.45, 2.75) is 69.6 Å². The van der Waals surface area contributed by atoms with Gasteiger partial charge < -0.3 is 29.8 Å². The van der Waals surface area contributed by atoms with Gasteiger partial charge in [-0.3, -0.25) is 0 Å². The molecule has 2 aromatic carbocycles. The van der Waals surface area contributed by atoms with E-state index in [0.717, 1.165) is 40.8 Å². The molecule has 252 valence electrons. The summed E-state index contributed by atoms with van der Waals surface area (Å²) in [7, 11) is 1.65. The molecule has 3 N–H and O–H groups in total. The van der Waals surface area contributed by atoms with E-state index in [1.165, 1.54) is 12.8 Å². The summed E-state index contributed by atoms with van der Waals surface area (Å²) in [6.07, 6.45) is 7.81. The fourth-order valence-electron chi connectivity index (χ4n) is 10.7. The summed E-state index contributed by atoms with van der Waals surface area (Å²) in [5.41, 5.74) is 9.23. The number of anilines is 2. The van der Waals surface area contributed by atoms with Crippen LogP contribution in [0.25, 0.3) is 21.9 Å². The Labute approximate surface area is 288 Å². The van der Waals surface area contributed by atoms with Gasteiger partial charge >= 0.3 is 0 Å². The van der Waals surface area contributed by atoms with Crippen LogP contribution in [0, 0.1) is 34.9 Å². The number of benzene rings is 2. The normalized spacial score (nSPS) is 31.0. The molecule has 1 spiro atoms. The zero-order valence-corrected chi connectivity index (χ0v) is 28.4. The fourth-order valence-corrected chi connectivity index (χ4v) is 10.9. The highest BCUT2D eigenvalue weighted by Gasteiger charge is 2.96. The van der Waals surface area contributed by atoms with E-state index in [-0.39, 0.29) is 23.4 Å². The molecule has 1 saturated heterocycles. The number of nitrogens with one attached hydrogen (secondary N) is 1. The second-order valence-corrected chi connectivity index (χ2v) is 15.6. The molecule has 4 bridgehead atoms. The second-order valence-electron chi connectivity index (χ2n) is 15.2. The van der Waals surface area contributed by atoms with E-state index < -0.39 is 11.4 Å². The van der Waals surface area contributed by atoms with Crippen LogP contribution < -0.4 is 15.8 Å². The van der Waals surface area contributed by atoms with Crippen LogP contribution >= 0.6 is 11.6 Å². The highest BCUT2D eigenvalue weighted by molar-refractivity contribution is 6.33. The summed E-state index contributed by atoms with van der Waals surface area (Å²) >= 11 is 6.61. The van der Waals surface area contributed by atoms with E-state index in [9.17, 15) is 0 Å². The lowest BCUT2D eigenvalue weighted by atomic mass is 9.39. The van der Waals surface area contributed by atoms with Crippen LogP contribution in [0.5, 0.6) is 5.75 Å². The Hall–Kier alpha value is -3.99. The summed E-state index contributed by atoms with van der Waals surface area (Å²) < 4.78 is 37.3. The number of hydrogen-bond donors (Lipinski definition) is 2. The number of nitrogen functional groups attached to an aromatic ring is 1. The molecular weight excluding hydrogens is 643 g/mol. The van der Waals surface area contributed by atoms with E-state index in [4.69, 9.17) is 36.5 Å². The van der Waals surface area contributed by atoms with Crippen molar-refractivity contribution in [2.24, 2.45) is 29.1 Å². The lowest BCUT2D eigenvalue weighted by Gasteiger charge is -2.67. The molecule has 5 aliphatic carbocycles. The Kier molecular flexibility index (Phi) is 6.13. The Morgan fingerprint density at radius 3 is 2.69 bits per heavy atom. The minimum atomic E-state index is -0.698. The Bertz CT molecular complexity index is 2170. The van der Waals surface area contributed by atoms with Gasteiger partial charge in [0.05, 0.1) is 35.2 Å². The number of hydrogen-bond acceptors (Lipinski definition) is 8.